The van der Waals surface area contributed by atoms with Gasteiger partial charge in [0.1, 0.15) is 0 Å². The normalized spacial score (nSPS) is 17.3. The van der Waals surface area contributed by atoms with Crippen LogP contribution in [0, 0.1) is 0 Å². The van der Waals surface area contributed by atoms with E-state index in [1.54, 1.807) is 0 Å². The third-order valence-corrected chi connectivity index (χ3v) is 2.63. The van der Waals surface area contributed by atoms with Gasteiger partial charge in [0.15, 0.2) is 0 Å². The fourth-order valence-corrected chi connectivity index (χ4v) is 1.79. The molecule has 1 aliphatic carbocycles. The maximum atomic E-state index is 3.75. The molecule has 0 atom stereocenters. The van der Waals surface area contributed by atoms with Gasteiger partial charge in [0.05, 0.1) is 0 Å². The number of rotatable bonds is 3. The molecule has 14 heavy (non-hydrogen) atoms. The van der Waals surface area contributed by atoms with E-state index >= 15 is 0 Å². The first-order chi connectivity index (χ1) is 6.74. The highest BCUT2D eigenvalue weighted by atomic mass is 15.1. The second kappa shape index (κ2) is 7.66. The molecule has 1 fully saturated rings. The third kappa shape index (κ3) is 4.50. The van der Waals surface area contributed by atoms with Gasteiger partial charge in [-0.1, -0.05) is 39.3 Å². The lowest BCUT2D eigenvalue weighted by atomic mass is 10.2. The Balaban J connectivity index is 0.000000791. The van der Waals surface area contributed by atoms with Gasteiger partial charge in [-0.05, 0) is 25.3 Å². The Kier molecular flexibility index (Phi) is 7.27. The standard InChI is InChI=1S/C11H19N.C2H6/c1-4-10(2)9-12(3)11-7-5-6-8-11;1-2/h4,9,11H,1,5-8H2,2-3H3;1-2H3/b10-9-;. The van der Waals surface area contributed by atoms with Crippen LogP contribution in [0.5, 0.6) is 0 Å². The molecule has 0 unspecified atom stereocenters. The Morgan fingerprint density at radius 1 is 1.29 bits per heavy atom. The molecule has 0 radical (unpaired) electrons. The number of hydrogen-bond acceptors (Lipinski definition) is 1. The van der Waals surface area contributed by atoms with Crippen molar-refractivity contribution >= 4 is 0 Å². The fraction of sp³-hybridized carbons (Fsp3) is 0.692. The van der Waals surface area contributed by atoms with E-state index in [0.717, 1.165) is 6.04 Å². The quantitative estimate of drug-likeness (QED) is 0.616. The summed E-state index contributed by atoms with van der Waals surface area (Å²) < 4.78 is 0. The smallest absolute Gasteiger partial charge is 0.0281 e. The van der Waals surface area contributed by atoms with Crippen LogP contribution in [0.3, 0.4) is 0 Å². The van der Waals surface area contributed by atoms with Gasteiger partial charge in [-0.3, -0.25) is 0 Å². The number of nitrogens with zero attached hydrogens (tertiary/aromatic N) is 1. The van der Waals surface area contributed by atoms with E-state index < -0.39 is 0 Å². The Morgan fingerprint density at radius 2 is 1.79 bits per heavy atom. The highest BCUT2D eigenvalue weighted by molar-refractivity contribution is 5.12. The number of hydrogen-bond donors (Lipinski definition) is 0. The van der Waals surface area contributed by atoms with Crippen LogP contribution in [-0.2, 0) is 0 Å². The molecular formula is C13H25N. The van der Waals surface area contributed by atoms with Crippen LogP contribution < -0.4 is 0 Å². The molecule has 1 rings (SSSR count). The first-order valence-corrected chi connectivity index (χ1v) is 5.77. The average Bonchev–Trinajstić information content (AvgIpc) is 2.73. The van der Waals surface area contributed by atoms with Crippen molar-refractivity contribution in [3.05, 3.63) is 24.4 Å². The predicted octanol–water partition coefficient (Wildman–Crippen LogP) is 3.98. The molecule has 0 aromatic carbocycles. The van der Waals surface area contributed by atoms with Gasteiger partial charge >= 0.3 is 0 Å². The molecule has 0 aliphatic heterocycles. The molecule has 0 spiro atoms. The summed E-state index contributed by atoms with van der Waals surface area (Å²) in [5.41, 5.74) is 1.25. The van der Waals surface area contributed by atoms with Gasteiger partial charge in [0, 0.05) is 19.3 Å². The molecule has 1 heteroatoms. The lowest BCUT2D eigenvalue weighted by Crippen LogP contribution is -2.23. The van der Waals surface area contributed by atoms with Crippen LogP contribution in [0.4, 0.5) is 0 Å². The van der Waals surface area contributed by atoms with Crippen LogP contribution in [0.1, 0.15) is 46.5 Å². The first-order valence-electron chi connectivity index (χ1n) is 5.77. The van der Waals surface area contributed by atoms with E-state index in [-0.39, 0.29) is 0 Å². The molecule has 0 heterocycles. The van der Waals surface area contributed by atoms with Gasteiger partial charge in [0.2, 0.25) is 0 Å². The molecule has 1 aliphatic rings. The van der Waals surface area contributed by atoms with E-state index in [2.05, 4.69) is 31.7 Å². The van der Waals surface area contributed by atoms with Gasteiger partial charge in [0.25, 0.3) is 0 Å². The van der Waals surface area contributed by atoms with E-state index in [1.807, 2.05) is 19.9 Å². The third-order valence-electron chi connectivity index (χ3n) is 2.63. The van der Waals surface area contributed by atoms with Crippen molar-refractivity contribution in [1.29, 1.82) is 0 Å². The molecule has 82 valence electrons. The SMILES string of the molecule is C=C/C(C)=C\N(C)C1CCCC1.CC. The van der Waals surface area contributed by atoms with Crippen molar-refractivity contribution in [2.75, 3.05) is 7.05 Å². The fourth-order valence-electron chi connectivity index (χ4n) is 1.79. The van der Waals surface area contributed by atoms with E-state index in [4.69, 9.17) is 0 Å². The maximum absolute atomic E-state index is 3.75. The van der Waals surface area contributed by atoms with Crippen LogP contribution in [0.15, 0.2) is 24.4 Å². The summed E-state index contributed by atoms with van der Waals surface area (Å²) in [5.74, 6) is 0. The monoisotopic (exact) mass is 195 g/mol. The van der Waals surface area contributed by atoms with Crippen LogP contribution in [0.25, 0.3) is 0 Å². The Morgan fingerprint density at radius 3 is 2.21 bits per heavy atom. The van der Waals surface area contributed by atoms with Gasteiger partial charge in [-0.2, -0.15) is 0 Å². The van der Waals surface area contributed by atoms with E-state index in [0.29, 0.717) is 0 Å². The zero-order valence-electron chi connectivity index (χ0n) is 10.2. The molecule has 0 bridgehead atoms. The minimum absolute atomic E-state index is 0.778. The van der Waals surface area contributed by atoms with Crippen LogP contribution in [0.2, 0.25) is 0 Å². The zero-order valence-corrected chi connectivity index (χ0v) is 10.2. The van der Waals surface area contributed by atoms with Crippen LogP contribution >= 0.6 is 0 Å². The van der Waals surface area contributed by atoms with E-state index in [1.165, 1.54) is 31.3 Å². The topological polar surface area (TPSA) is 3.24 Å². The lowest BCUT2D eigenvalue weighted by Gasteiger charge is -2.22. The van der Waals surface area contributed by atoms with Crippen LogP contribution in [-0.4, -0.2) is 18.0 Å². The highest BCUT2D eigenvalue weighted by Crippen LogP contribution is 2.22. The summed E-state index contributed by atoms with van der Waals surface area (Å²) in [6.45, 7) is 9.84. The summed E-state index contributed by atoms with van der Waals surface area (Å²) in [5, 5.41) is 0. The summed E-state index contributed by atoms with van der Waals surface area (Å²) in [6, 6.07) is 0.778. The van der Waals surface area contributed by atoms with Crippen molar-refractivity contribution < 1.29 is 0 Å². The molecule has 0 aromatic heterocycles. The Labute approximate surface area is 89.5 Å². The second-order valence-corrected chi connectivity index (χ2v) is 3.68. The Hall–Kier alpha value is -0.720. The zero-order chi connectivity index (χ0) is 11.0. The minimum Gasteiger partial charge on any atom is -0.377 e. The second-order valence-electron chi connectivity index (χ2n) is 3.68. The molecule has 0 saturated heterocycles. The van der Waals surface area contributed by atoms with Gasteiger partial charge < -0.3 is 4.90 Å². The molecule has 0 aromatic rings. The van der Waals surface area contributed by atoms with E-state index in [9.17, 15) is 0 Å². The molecule has 1 saturated carbocycles. The van der Waals surface area contributed by atoms with Gasteiger partial charge in [-0.25, -0.2) is 0 Å². The van der Waals surface area contributed by atoms with Crippen molar-refractivity contribution in [2.24, 2.45) is 0 Å². The summed E-state index contributed by atoms with van der Waals surface area (Å²) in [4.78, 5) is 2.34. The van der Waals surface area contributed by atoms with Crippen molar-refractivity contribution in [3.8, 4) is 0 Å². The molecule has 0 amide bonds. The highest BCUT2D eigenvalue weighted by Gasteiger charge is 2.16. The summed E-state index contributed by atoms with van der Waals surface area (Å²) in [6.07, 6.45) is 9.62. The summed E-state index contributed by atoms with van der Waals surface area (Å²) >= 11 is 0. The molecule has 0 N–H and O–H groups in total. The van der Waals surface area contributed by atoms with Crippen molar-refractivity contribution in [2.45, 2.75) is 52.5 Å². The lowest BCUT2D eigenvalue weighted by molar-refractivity contribution is 0.333. The predicted molar refractivity (Wildman–Crippen MR) is 65.3 cm³/mol. The maximum Gasteiger partial charge on any atom is 0.0281 e. The summed E-state index contributed by atoms with van der Waals surface area (Å²) in [7, 11) is 2.17. The first kappa shape index (κ1) is 13.3. The Bertz CT molecular complexity index is 176. The molecule has 1 nitrogen and oxygen atoms in total. The van der Waals surface area contributed by atoms with Crippen molar-refractivity contribution in [3.63, 3.8) is 0 Å². The average molecular weight is 195 g/mol. The minimum atomic E-state index is 0.778. The number of allylic oxidation sites excluding steroid dienone is 2. The molecular weight excluding hydrogens is 170 g/mol. The van der Waals surface area contributed by atoms with Crippen molar-refractivity contribution in [1.82, 2.24) is 4.90 Å². The van der Waals surface area contributed by atoms with Gasteiger partial charge in [-0.15, -0.1) is 0 Å². The largest absolute Gasteiger partial charge is 0.377 e.